The Hall–Kier alpha value is -1.58. The van der Waals surface area contributed by atoms with E-state index in [0.29, 0.717) is 12.8 Å². The Morgan fingerprint density at radius 3 is 2.76 bits per heavy atom. The minimum absolute atomic E-state index is 0.116. The average Bonchev–Trinajstić information content (AvgIpc) is 2.24. The summed E-state index contributed by atoms with van der Waals surface area (Å²) in [6, 6.07) is 3.73. The second-order valence-corrected chi connectivity index (χ2v) is 5.07. The van der Waals surface area contributed by atoms with E-state index in [2.05, 4.69) is 10.6 Å². The number of nitrogens with one attached hydrogen (secondary N) is 1. The highest BCUT2D eigenvalue weighted by Gasteiger charge is 2.21. The molecule has 0 radical (unpaired) electrons. The molecule has 1 aromatic rings. The summed E-state index contributed by atoms with van der Waals surface area (Å²) in [7, 11) is -3.92. The summed E-state index contributed by atoms with van der Waals surface area (Å²) >= 11 is 0. The zero-order chi connectivity index (χ0) is 12.9. The van der Waals surface area contributed by atoms with Crippen LogP contribution in [0, 0.1) is 18.2 Å². The van der Waals surface area contributed by atoms with Gasteiger partial charge in [0.1, 0.15) is 10.7 Å². The second-order valence-electron chi connectivity index (χ2n) is 3.36. The molecule has 0 aliphatic rings. The quantitative estimate of drug-likeness (QED) is 0.471. The van der Waals surface area contributed by atoms with Crippen molar-refractivity contribution in [2.45, 2.75) is 17.7 Å². The monoisotopic (exact) mass is 256 g/mol. The summed E-state index contributed by atoms with van der Waals surface area (Å²) in [5.74, 6) is 1.52. The fourth-order valence-corrected chi connectivity index (χ4v) is 2.54. The van der Waals surface area contributed by atoms with Gasteiger partial charge in [0.2, 0.25) is 10.0 Å². The summed E-state index contributed by atoms with van der Waals surface area (Å²) < 4.78 is 39.1. The molecule has 3 N–H and O–H groups in total. The van der Waals surface area contributed by atoms with E-state index in [0.717, 1.165) is 6.07 Å². The zero-order valence-corrected chi connectivity index (χ0v) is 9.93. The molecule has 0 aliphatic heterocycles. The molecule has 0 bridgehead atoms. The molecule has 0 unspecified atom stereocenters. The number of hydrogen-bond donors (Lipinski definition) is 2. The van der Waals surface area contributed by atoms with Gasteiger partial charge in [-0.25, -0.2) is 17.5 Å². The fraction of sp³-hybridized carbons (Fsp3) is 0.273. The van der Waals surface area contributed by atoms with Crippen LogP contribution in [-0.4, -0.2) is 15.0 Å². The Kier molecular flexibility index (Phi) is 4.49. The molecular weight excluding hydrogens is 243 g/mol. The maximum absolute atomic E-state index is 13.4. The number of unbranched alkanes of at least 4 members (excludes halogenated alkanes) is 1. The van der Waals surface area contributed by atoms with E-state index in [1.807, 2.05) is 0 Å². The van der Waals surface area contributed by atoms with Crippen molar-refractivity contribution in [2.24, 2.45) is 0 Å². The van der Waals surface area contributed by atoms with Gasteiger partial charge in [0.05, 0.1) is 5.69 Å². The number of hydrogen-bond acceptors (Lipinski definition) is 3. The van der Waals surface area contributed by atoms with Crippen molar-refractivity contribution in [2.75, 3.05) is 12.3 Å². The lowest BCUT2D eigenvalue weighted by Gasteiger charge is -2.09. The number of terminal acetylenes is 1. The molecule has 1 rings (SSSR count). The smallest absolute Gasteiger partial charge is 0.245 e. The first kappa shape index (κ1) is 13.5. The highest BCUT2D eigenvalue weighted by molar-refractivity contribution is 7.89. The molecule has 0 saturated carbocycles. The highest BCUT2D eigenvalue weighted by Crippen LogP contribution is 2.21. The zero-order valence-electron chi connectivity index (χ0n) is 9.11. The van der Waals surface area contributed by atoms with Crippen molar-refractivity contribution in [3.05, 3.63) is 24.0 Å². The van der Waals surface area contributed by atoms with E-state index in [4.69, 9.17) is 12.2 Å². The van der Waals surface area contributed by atoms with E-state index in [1.165, 1.54) is 12.1 Å². The SMILES string of the molecule is C#CCCCNS(=O)(=O)c1c(N)cccc1F. The largest absolute Gasteiger partial charge is 0.398 e. The van der Waals surface area contributed by atoms with Crippen LogP contribution < -0.4 is 10.5 Å². The van der Waals surface area contributed by atoms with E-state index in [-0.39, 0.29) is 12.2 Å². The Morgan fingerprint density at radius 1 is 1.47 bits per heavy atom. The number of nitrogen functional groups attached to an aromatic ring is 1. The summed E-state index contributed by atoms with van der Waals surface area (Å²) in [5.41, 5.74) is 5.33. The molecule has 0 heterocycles. The van der Waals surface area contributed by atoms with Crippen LogP contribution in [0.1, 0.15) is 12.8 Å². The van der Waals surface area contributed by atoms with Crippen LogP contribution in [0.3, 0.4) is 0 Å². The molecule has 6 heteroatoms. The standard InChI is InChI=1S/C11H13FN2O2S/c1-2-3-4-8-14-17(15,16)11-9(12)6-5-7-10(11)13/h1,5-7,14H,3-4,8,13H2. The van der Waals surface area contributed by atoms with Gasteiger partial charge in [-0.15, -0.1) is 12.3 Å². The first-order valence-electron chi connectivity index (χ1n) is 4.96. The van der Waals surface area contributed by atoms with Crippen molar-refractivity contribution in [1.82, 2.24) is 4.72 Å². The fourth-order valence-electron chi connectivity index (χ4n) is 1.28. The lowest BCUT2D eigenvalue weighted by Crippen LogP contribution is -2.26. The first-order valence-corrected chi connectivity index (χ1v) is 6.44. The normalized spacial score (nSPS) is 11.1. The lowest BCUT2D eigenvalue weighted by atomic mass is 10.3. The Labute approximate surface area is 100 Å². The van der Waals surface area contributed by atoms with Gasteiger partial charge in [0, 0.05) is 13.0 Å². The van der Waals surface area contributed by atoms with E-state index >= 15 is 0 Å². The molecule has 92 valence electrons. The number of anilines is 1. The molecule has 17 heavy (non-hydrogen) atoms. The highest BCUT2D eigenvalue weighted by atomic mass is 32.2. The van der Waals surface area contributed by atoms with Crippen molar-refractivity contribution in [1.29, 1.82) is 0 Å². The molecule has 0 aliphatic carbocycles. The minimum Gasteiger partial charge on any atom is -0.398 e. The van der Waals surface area contributed by atoms with Crippen molar-refractivity contribution in [3.63, 3.8) is 0 Å². The van der Waals surface area contributed by atoms with Gasteiger partial charge in [-0.2, -0.15) is 0 Å². The Balaban J connectivity index is 2.87. The maximum Gasteiger partial charge on any atom is 0.245 e. The third-order valence-electron chi connectivity index (χ3n) is 2.06. The summed E-state index contributed by atoms with van der Waals surface area (Å²) in [5, 5.41) is 0. The van der Waals surface area contributed by atoms with Crippen LogP contribution in [0.4, 0.5) is 10.1 Å². The molecule has 0 amide bonds. The molecule has 0 fully saturated rings. The maximum atomic E-state index is 13.4. The molecule has 0 spiro atoms. The van der Waals surface area contributed by atoms with Gasteiger partial charge < -0.3 is 5.73 Å². The Bertz CT molecular complexity index is 515. The van der Waals surface area contributed by atoms with E-state index in [1.54, 1.807) is 0 Å². The molecular formula is C11H13FN2O2S. The number of sulfonamides is 1. The number of halogens is 1. The van der Waals surface area contributed by atoms with Gasteiger partial charge in [-0.1, -0.05) is 6.07 Å². The molecule has 0 aromatic heterocycles. The third-order valence-corrected chi connectivity index (χ3v) is 3.61. The topological polar surface area (TPSA) is 72.2 Å². The van der Waals surface area contributed by atoms with Crippen molar-refractivity contribution >= 4 is 15.7 Å². The number of benzene rings is 1. The second kappa shape index (κ2) is 5.66. The number of nitrogens with two attached hydrogens (primary N) is 1. The summed E-state index contributed by atoms with van der Waals surface area (Å²) in [6.45, 7) is 0.153. The van der Waals surface area contributed by atoms with Crippen LogP contribution in [0.15, 0.2) is 23.1 Å². The Morgan fingerprint density at radius 2 is 2.18 bits per heavy atom. The third kappa shape index (κ3) is 3.44. The number of rotatable bonds is 5. The van der Waals surface area contributed by atoms with E-state index in [9.17, 15) is 12.8 Å². The van der Waals surface area contributed by atoms with Crippen molar-refractivity contribution in [3.8, 4) is 12.3 Å². The molecule has 4 nitrogen and oxygen atoms in total. The first-order chi connectivity index (χ1) is 7.99. The predicted molar refractivity (Wildman–Crippen MR) is 64.1 cm³/mol. The molecule has 0 atom stereocenters. The minimum atomic E-state index is -3.92. The average molecular weight is 256 g/mol. The summed E-state index contributed by atoms with van der Waals surface area (Å²) in [6.07, 6.45) is 5.97. The van der Waals surface area contributed by atoms with Gasteiger partial charge in [0.15, 0.2) is 0 Å². The summed E-state index contributed by atoms with van der Waals surface area (Å²) in [4.78, 5) is -0.513. The van der Waals surface area contributed by atoms with Gasteiger partial charge in [0.25, 0.3) is 0 Å². The van der Waals surface area contributed by atoms with Crippen LogP contribution in [0.2, 0.25) is 0 Å². The van der Waals surface area contributed by atoms with Crippen LogP contribution >= 0.6 is 0 Å². The molecule has 0 saturated heterocycles. The van der Waals surface area contributed by atoms with Crippen LogP contribution in [0.5, 0.6) is 0 Å². The molecule has 1 aromatic carbocycles. The van der Waals surface area contributed by atoms with E-state index < -0.39 is 20.7 Å². The van der Waals surface area contributed by atoms with Crippen LogP contribution in [-0.2, 0) is 10.0 Å². The van der Waals surface area contributed by atoms with Gasteiger partial charge >= 0.3 is 0 Å². The van der Waals surface area contributed by atoms with Crippen molar-refractivity contribution < 1.29 is 12.8 Å². The predicted octanol–water partition coefficient (Wildman–Crippen LogP) is 1.10. The lowest BCUT2D eigenvalue weighted by molar-refractivity contribution is 0.557. The van der Waals surface area contributed by atoms with Gasteiger partial charge in [-0.3, -0.25) is 0 Å². The van der Waals surface area contributed by atoms with Gasteiger partial charge in [-0.05, 0) is 18.6 Å². The van der Waals surface area contributed by atoms with Crippen LogP contribution in [0.25, 0.3) is 0 Å².